The van der Waals surface area contributed by atoms with Gasteiger partial charge in [0.15, 0.2) is 0 Å². The third-order valence-electron chi connectivity index (χ3n) is 2.65. The van der Waals surface area contributed by atoms with Gasteiger partial charge in [0.1, 0.15) is 0 Å². The number of nitriles is 1. The zero-order valence-corrected chi connectivity index (χ0v) is 10.8. The Morgan fingerprint density at radius 2 is 2.00 bits per heavy atom. The topological polar surface area (TPSA) is 85.2 Å². The highest BCUT2D eigenvalue weighted by molar-refractivity contribution is 5.96. The maximum Gasteiger partial charge on any atom is 0.321 e. The first-order valence-electron chi connectivity index (χ1n) is 5.61. The first-order valence-corrected chi connectivity index (χ1v) is 5.61. The lowest BCUT2D eigenvalue weighted by atomic mass is 10.1. The van der Waals surface area contributed by atoms with Gasteiger partial charge in [-0.15, -0.1) is 0 Å². The van der Waals surface area contributed by atoms with E-state index in [0.717, 1.165) is 0 Å². The van der Waals surface area contributed by atoms with Gasteiger partial charge in [-0.1, -0.05) is 0 Å². The van der Waals surface area contributed by atoms with E-state index >= 15 is 0 Å². The van der Waals surface area contributed by atoms with E-state index in [0.29, 0.717) is 13.0 Å². The summed E-state index contributed by atoms with van der Waals surface area (Å²) in [5.41, 5.74) is 0. The Kier molecular flexibility index (Phi) is 6.91. The minimum atomic E-state index is -0.495. The molecule has 0 spiro atoms. The molecule has 0 rings (SSSR count). The second-order valence-corrected chi connectivity index (χ2v) is 3.90. The zero-order valence-electron chi connectivity index (χ0n) is 10.8. The van der Waals surface area contributed by atoms with Gasteiger partial charge >= 0.3 is 6.03 Å². The summed E-state index contributed by atoms with van der Waals surface area (Å²) in [4.78, 5) is 24.6. The summed E-state index contributed by atoms with van der Waals surface area (Å²) in [6, 6.07) is 1.07. The van der Waals surface area contributed by atoms with Crippen LogP contribution in [0.15, 0.2) is 0 Å². The van der Waals surface area contributed by atoms with Gasteiger partial charge in [-0.2, -0.15) is 5.26 Å². The molecule has 3 amide bonds. The SMILES string of the molecule is CCNC(=O)NC(=O)C(C)N(C)C(C)CC#N. The highest BCUT2D eigenvalue weighted by Crippen LogP contribution is 2.05. The molecule has 0 heterocycles. The zero-order chi connectivity index (χ0) is 13.4. The summed E-state index contributed by atoms with van der Waals surface area (Å²) in [6.45, 7) is 5.80. The number of hydrogen-bond donors (Lipinski definition) is 2. The van der Waals surface area contributed by atoms with E-state index in [9.17, 15) is 9.59 Å². The molecule has 0 aliphatic rings. The fourth-order valence-corrected chi connectivity index (χ4v) is 1.26. The van der Waals surface area contributed by atoms with E-state index < -0.39 is 12.1 Å². The molecule has 0 aliphatic carbocycles. The van der Waals surface area contributed by atoms with Crippen molar-refractivity contribution < 1.29 is 9.59 Å². The normalized spacial score (nSPS) is 13.6. The average Bonchev–Trinajstić information content (AvgIpc) is 2.27. The average molecular weight is 240 g/mol. The lowest BCUT2D eigenvalue weighted by Gasteiger charge is -2.28. The van der Waals surface area contributed by atoms with Crippen LogP contribution in [0.4, 0.5) is 4.79 Å². The Balaban J connectivity index is 4.30. The number of nitrogens with one attached hydrogen (secondary N) is 2. The van der Waals surface area contributed by atoms with E-state index in [-0.39, 0.29) is 11.9 Å². The predicted octanol–water partition coefficient (Wildman–Crippen LogP) is 0.455. The van der Waals surface area contributed by atoms with Crippen molar-refractivity contribution in [3.63, 3.8) is 0 Å². The molecule has 6 heteroatoms. The smallest absolute Gasteiger partial charge is 0.321 e. The first-order chi connectivity index (χ1) is 7.93. The fraction of sp³-hybridized carbons (Fsp3) is 0.727. The van der Waals surface area contributed by atoms with Crippen molar-refractivity contribution in [3.05, 3.63) is 0 Å². The number of amides is 3. The van der Waals surface area contributed by atoms with Crippen molar-refractivity contribution >= 4 is 11.9 Å². The van der Waals surface area contributed by atoms with Gasteiger partial charge in [-0.25, -0.2) is 4.79 Å². The van der Waals surface area contributed by atoms with E-state index in [2.05, 4.69) is 16.7 Å². The highest BCUT2D eigenvalue weighted by atomic mass is 16.2. The number of rotatable bonds is 5. The summed E-state index contributed by atoms with van der Waals surface area (Å²) in [6.07, 6.45) is 0.343. The van der Waals surface area contributed by atoms with E-state index in [4.69, 9.17) is 5.26 Å². The highest BCUT2D eigenvalue weighted by Gasteiger charge is 2.23. The third kappa shape index (κ3) is 5.31. The van der Waals surface area contributed by atoms with Crippen molar-refractivity contribution in [2.75, 3.05) is 13.6 Å². The van der Waals surface area contributed by atoms with E-state index in [1.165, 1.54) is 0 Å². The Morgan fingerprint density at radius 1 is 1.41 bits per heavy atom. The van der Waals surface area contributed by atoms with Gasteiger partial charge in [0.25, 0.3) is 0 Å². The number of imide groups is 1. The minimum Gasteiger partial charge on any atom is -0.338 e. The Morgan fingerprint density at radius 3 is 2.47 bits per heavy atom. The Bertz CT molecular complexity index is 311. The molecule has 0 aromatic heterocycles. The molecular formula is C11H20N4O2. The molecule has 2 N–H and O–H groups in total. The van der Waals surface area contributed by atoms with Crippen molar-refractivity contribution in [1.82, 2.24) is 15.5 Å². The number of nitrogens with zero attached hydrogens (tertiary/aromatic N) is 2. The van der Waals surface area contributed by atoms with Gasteiger partial charge < -0.3 is 5.32 Å². The third-order valence-corrected chi connectivity index (χ3v) is 2.65. The molecule has 0 aromatic carbocycles. The second-order valence-electron chi connectivity index (χ2n) is 3.90. The summed E-state index contributed by atoms with van der Waals surface area (Å²) in [5, 5.41) is 13.3. The standard InChI is InChI=1S/C11H20N4O2/c1-5-13-11(17)14-10(16)9(3)15(4)8(2)6-7-12/h8-9H,5-6H2,1-4H3,(H2,13,14,16,17). The maximum atomic E-state index is 11.7. The molecular weight excluding hydrogens is 220 g/mol. The molecule has 0 fully saturated rings. The van der Waals surface area contributed by atoms with Crippen LogP contribution in [0.1, 0.15) is 27.2 Å². The first kappa shape index (κ1) is 15.4. The molecule has 0 radical (unpaired) electrons. The lowest BCUT2D eigenvalue weighted by molar-refractivity contribution is -0.124. The molecule has 0 saturated carbocycles. The van der Waals surface area contributed by atoms with Crippen LogP contribution >= 0.6 is 0 Å². The van der Waals surface area contributed by atoms with Crippen LogP contribution in [-0.4, -0.2) is 42.5 Å². The summed E-state index contributed by atoms with van der Waals surface area (Å²) in [7, 11) is 1.75. The molecule has 0 aromatic rings. The van der Waals surface area contributed by atoms with Crippen LogP contribution in [-0.2, 0) is 4.79 Å². The lowest BCUT2D eigenvalue weighted by Crippen LogP contribution is -2.50. The molecule has 17 heavy (non-hydrogen) atoms. The molecule has 2 atom stereocenters. The molecule has 96 valence electrons. The number of likely N-dealkylation sites (N-methyl/N-ethyl adjacent to an activating group) is 1. The van der Waals surface area contributed by atoms with Crippen LogP contribution in [0, 0.1) is 11.3 Å². The van der Waals surface area contributed by atoms with Gasteiger partial charge in [0.05, 0.1) is 18.5 Å². The second kappa shape index (κ2) is 7.63. The van der Waals surface area contributed by atoms with Crippen molar-refractivity contribution in [1.29, 1.82) is 5.26 Å². The fourth-order valence-electron chi connectivity index (χ4n) is 1.26. The van der Waals surface area contributed by atoms with Gasteiger partial charge in [0.2, 0.25) is 5.91 Å². The monoisotopic (exact) mass is 240 g/mol. The number of carbonyl (C=O) groups excluding carboxylic acids is 2. The number of hydrogen-bond acceptors (Lipinski definition) is 4. The van der Waals surface area contributed by atoms with Gasteiger partial charge in [-0.3, -0.25) is 15.0 Å². The Labute approximate surface area is 102 Å². The van der Waals surface area contributed by atoms with Crippen molar-refractivity contribution in [2.24, 2.45) is 0 Å². The van der Waals surface area contributed by atoms with Crippen molar-refractivity contribution in [2.45, 2.75) is 39.3 Å². The van der Waals surface area contributed by atoms with Crippen LogP contribution in [0.5, 0.6) is 0 Å². The minimum absolute atomic E-state index is 0.0324. The summed E-state index contributed by atoms with van der Waals surface area (Å²) in [5.74, 6) is -0.372. The quantitative estimate of drug-likeness (QED) is 0.731. The number of urea groups is 1. The molecule has 0 bridgehead atoms. The van der Waals surface area contributed by atoms with Gasteiger partial charge in [-0.05, 0) is 27.8 Å². The summed E-state index contributed by atoms with van der Waals surface area (Å²) >= 11 is 0. The molecule has 2 unspecified atom stereocenters. The largest absolute Gasteiger partial charge is 0.338 e. The van der Waals surface area contributed by atoms with Crippen LogP contribution in [0.25, 0.3) is 0 Å². The molecule has 0 aliphatic heterocycles. The number of carbonyl (C=O) groups is 2. The van der Waals surface area contributed by atoms with E-state index in [1.807, 2.05) is 6.92 Å². The molecule has 6 nitrogen and oxygen atoms in total. The van der Waals surface area contributed by atoms with Crippen LogP contribution in [0.2, 0.25) is 0 Å². The molecule has 0 saturated heterocycles. The Hall–Kier alpha value is -1.61. The predicted molar refractivity (Wildman–Crippen MR) is 64.1 cm³/mol. The maximum absolute atomic E-state index is 11.7. The van der Waals surface area contributed by atoms with Crippen LogP contribution in [0.3, 0.4) is 0 Å². The summed E-state index contributed by atoms with van der Waals surface area (Å²) < 4.78 is 0. The van der Waals surface area contributed by atoms with Gasteiger partial charge in [0, 0.05) is 12.6 Å². The van der Waals surface area contributed by atoms with E-state index in [1.54, 1.807) is 25.8 Å². The van der Waals surface area contributed by atoms with Crippen molar-refractivity contribution in [3.8, 4) is 6.07 Å². The van der Waals surface area contributed by atoms with Crippen LogP contribution < -0.4 is 10.6 Å².